The van der Waals surface area contributed by atoms with Crippen LogP contribution in [-0.4, -0.2) is 25.7 Å². The maximum absolute atomic E-state index is 10.2. The van der Waals surface area contributed by atoms with Crippen molar-refractivity contribution in [1.82, 2.24) is 4.90 Å². The maximum Gasteiger partial charge on any atom is 0.161 e. The van der Waals surface area contributed by atoms with E-state index in [1.54, 1.807) is 14.2 Å². The van der Waals surface area contributed by atoms with Crippen LogP contribution < -0.4 is 15.2 Å². The molecule has 0 spiro atoms. The Hall–Kier alpha value is -3.90. The number of rotatable bonds is 3. The second-order valence-corrected chi connectivity index (χ2v) is 6.89. The zero-order chi connectivity index (χ0) is 20.5. The molecule has 0 aromatic heterocycles. The average molecular weight is 384 g/mol. The predicted octanol–water partition coefficient (Wildman–Crippen LogP) is 3.29. The predicted molar refractivity (Wildman–Crippen MR) is 108 cm³/mol. The maximum atomic E-state index is 10.2. The lowest BCUT2D eigenvalue weighted by molar-refractivity contribution is 0.353. The molecule has 4 rings (SSSR count). The Morgan fingerprint density at radius 2 is 1.66 bits per heavy atom. The van der Waals surface area contributed by atoms with Crippen LogP contribution in [0, 0.1) is 22.7 Å². The van der Waals surface area contributed by atoms with Gasteiger partial charge in [0.2, 0.25) is 0 Å². The van der Waals surface area contributed by atoms with Crippen LogP contribution in [0.2, 0.25) is 0 Å². The van der Waals surface area contributed by atoms with E-state index in [9.17, 15) is 10.5 Å². The number of allylic oxidation sites excluding steroid dienone is 2. The monoisotopic (exact) mass is 384 g/mol. The molecule has 0 fully saturated rings. The van der Waals surface area contributed by atoms with E-state index in [2.05, 4.69) is 12.1 Å². The minimum absolute atomic E-state index is 0.399. The number of benzene rings is 2. The fourth-order valence-electron chi connectivity index (χ4n) is 4.16. The number of hydrogen-bond acceptors (Lipinski definition) is 6. The van der Waals surface area contributed by atoms with Crippen molar-refractivity contribution in [3.63, 3.8) is 0 Å². The van der Waals surface area contributed by atoms with Gasteiger partial charge >= 0.3 is 0 Å². The largest absolute Gasteiger partial charge is 0.493 e. The molecule has 0 saturated carbocycles. The fraction of sp³-hybridized carbons (Fsp3) is 0.217. The highest BCUT2D eigenvalue weighted by Crippen LogP contribution is 2.47. The van der Waals surface area contributed by atoms with Gasteiger partial charge in [-0.3, -0.25) is 0 Å². The minimum atomic E-state index is -0.503. The van der Waals surface area contributed by atoms with Crippen LogP contribution in [0.3, 0.4) is 0 Å². The van der Waals surface area contributed by atoms with E-state index >= 15 is 0 Å². The van der Waals surface area contributed by atoms with Crippen molar-refractivity contribution in [2.45, 2.75) is 12.3 Å². The molecule has 0 bridgehead atoms. The van der Waals surface area contributed by atoms with Crippen LogP contribution >= 0.6 is 0 Å². The highest BCUT2D eigenvalue weighted by Gasteiger charge is 2.38. The lowest BCUT2D eigenvalue weighted by Gasteiger charge is -2.40. The number of nitrogens with zero attached hydrogens (tertiary/aromatic N) is 3. The SMILES string of the molecule is COc1cc2c(cc1OC)C1=C(C#N)C(c3ccccc3)C(C#N)=C(N)N1CC2. The third-order valence-corrected chi connectivity index (χ3v) is 5.51. The van der Waals surface area contributed by atoms with Gasteiger partial charge < -0.3 is 20.1 Å². The summed E-state index contributed by atoms with van der Waals surface area (Å²) in [5.41, 5.74) is 10.9. The molecule has 29 heavy (non-hydrogen) atoms. The minimum Gasteiger partial charge on any atom is -0.493 e. The van der Waals surface area contributed by atoms with E-state index in [0.717, 1.165) is 22.4 Å². The molecule has 144 valence electrons. The first kappa shape index (κ1) is 18.5. The molecular formula is C23H20N4O2. The Labute approximate surface area is 169 Å². The van der Waals surface area contributed by atoms with E-state index in [4.69, 9.17) is 15.2 Å². The second-order valence-electron chi connectivity index (χ2n) is 6.89. The van der Waals surface area contributed by atoms with Gasteiger partial charge in [0.05, 0.1) is 49.1 Å². The summed E-state index contributed by atoms with van der Waals surface area (Å²) in [6.07, 6.45) is 0.716. The first-order chi connectivity index (χ1) is 14.1. The number of fused-ring (bicyclic) bond motifs is 3. The molecule has 0 radical (unpaired) electrons. The summed E-state index contributed by atoms with van der Waals surface area (Å²) in [4.78, 5) is 1.88. The van der Waals surface area contributed by atoms with Crippen molar-refractivity contribution in [3.05, 3.63) is 76.1 Å². The van der Waals surface area contributed by atoms with Crippen LogP contribution in [0.4, 0.5) is 0 Å². The van der Waals surface area contributed by atoms with E-state index in [1.165, 1.54) is 0 Å². The molecular weight excluding hydrogens is 364 g/mol. The lowest BCUT2D eigenvalue weighted by atomic mass is 9.78. The Bertz CT molecular complexity index is 1120. The topological polar surface area (TPSA) is 95.3 Å². The molecule has 2 N–H and O–H groups in total. The van der Waals surface area contributed by atoms with Crippen LogP contribution in [0.1, 0.15) is 22.6 Å². The third kappa shape index (κ3) is 2.78. The van der Waals surface area contributed by atoms with Gasteiger partial charge in [-0.1, -0.05) is 30.3 Å². The van der Waals surface area contributed by atoms with Gasteiger partial charge in [0, 0.05) is 12.1 Å². The lowest BCUT2D eigenvalue weighted by Crippen LogP contribution is -2.38. The zero-order valence-electron chi connectivity index (χ0n) is 16.3. The Morgan fingerprint density at radius 1 is 1.00 bits per heavy atom. The van der Waals surface area contributed by atoms with Crippen molar-refractivity contribution in [1.29, 1.82) is 10.5 Å². The zero-order valence-corrected chi connectivity index (χ0v) is 16.3. The van der Waals surface area contributed by atoms with E-state index in [1.807, 2.05) is 47.4 Å². The Morgan fingerprint density at radius 3 is 2.28 bits per heavy atom. The Balaban J connectivity index is 2.01. The smallest absolute Gasteiger partial charge is 0.161 e. The first-order valence-corrected chi connectivity index (χ1v) is 9.26. The quantitative estimate of drug-likeness (QED) is 0.872. The van der Waals surface area contributed by atoms with Gasteiger partial charge in [0.1, 0.15) is 5.82 Å². The number of methoxy groups -OCH3 is 2. The fourth-order valence-corrected chi connectivity index (χ4v) is 4.16. The third-order valence-electron chi connectivity index (χ3n) is 5.51. The second kappa shape index (κ2) is 7.26. The highest BCUT2D eigenvalue weighted by molar-refractivity contribution is 5.81. The van der Waals surface area contributed by atoms with Gasteiger partial charge in [-0.25, -0.2) is 0 Å². The molecule has 2 aliphatic rings. The normalized spacial score (nSPS) is 17.8. The van der Waals surface area contributed by atoms with E-state index in [-0.39, 0.29) is 0 Å². The average Bonchev–Trinajstić information content (AvgIpc) is 2.78. The highest BCUT2D eigenvalue weighted by atomic mass is 16.5. The van der Waals surface area contributed by atoms with Gasteiger partial charge in [-0.05, 0) is 29.7 Å². The van der Waals surface area contributed by atoms with Crippen LogP contribution in [-0.2, 0) is 6.42 Å². The standard InChI is InChI=1S/C23H20N4O2/c1-28-19-10-15-8-9-27-22(16(15)11-20(19)29-2)17(12-24)21(18(13-25)23(27)26)14-6-4-3-5-7-14/h3-7,10-11,21H,8-9,26H2,1-2H3. The van der Waals surface area contributed by atoms with Crippen molar-refractivity contribution in [3.8, 4) is 23.6 Å². The summed E-state index contributed by atoms with van der Waals surface area (Å²) in [6.45, 7) is 0.585. The summed E-state index contributed by atoms with van der Waals surface area (Å²) in [7, 11) is 3.19. The summed E-state index contributed by atoms with van der Waals surface area (Å²) < 4.78 is 10.9. The van der Waals surface area contributed by atoms with Crippen molar-refractivity contribution in [2.24, 2.45) is 5.73 Å². The number of nitriles is 2. The number of ether oxygens (including phenoxy) is 2. The molecule has 2 aromatic carbocycles. The summed E-state index contributed by atoms with van der Waals surface area (Å²) in [5, 5.41) is 20.0. The van der Waals surface area contributed by atoms with Crippen LogP contribution in [0.25, 0.3) is 5.70 Å². The summed E-state index contributed by atoms with van der Waals surface area (Å²) >= 11 is 0. The van der Waals surface area contributed by atoms with Crippen molar-refractivity contribution in [2.75, 3.05) is 20.8 Å². The molecule has 2 heterocycles. The molecule has 2 aliphatic heterocycles. The molecule has 6 nitrogen and oxygen atoms in total. The van der Waals surface area contributed by atoms with Gasteiger partial charge in [-0.2, -0.15) is 10.5 Å². The molecule has 0 saturated heterocycles. The summed E-state index contributed by atoms with van der Waals surface area (Å²) in [5.74, 6) is 1.13. The number of nitrogens with two attached hydrogens (primary N) is 1. The Kier molecular flexibility index (Phi) is 4.62. The molecule has 2 aromatic rings. The van der Waals surface area contributed by atoms with Gasteiger partial charge in [-0.15, -0.1) is 0 Å². The van der Waals surface area contributed by atoms with Crippen LogP contribution in [0.15, 0.2) is 59.4 Å². The van der Waals surface area contributed by atoms with Gasteiger partial charge in [0.15, 0.2) is 11.5 Å². The van der Waals surface area contributed by atoms with Gasteiger partial charge in [0.25, 0.3) is 0 Å². The molecule has 6 heteroatoms. The van der Waals surface area contributed by atoms with Crippen molar-refractivity contribution >= 4 is 5.70 Å². The molecule has 0 aliphatic carbocycles. The molecule has 1 atom stereocenters. The van der Waals surface area contributed by atoms with Crippen molar-refractivity contribution < 1.29 is 9.47 Å². The molecule has 0 amide bonds. The van der Waals surface area contributed by atoms with E-state index < -0.39 is 5.92 Å². The van der Waals surface area contributed by atoms with Crippen LogP contribution in [0.5, 0.6) is 11.5 Å². The van der Waals surface area contributed by atoms with E-state index in [0.29, 0.717) is 41.4 Å². The first-order valence-electron chi connectivity index (χ1n) is 9.26. The molecule has 1 unspecified atom stereocenters. The summed E-state index contributed by atoms with van der Waals surface area (Å²) in [6, 6.07) is 18.0. The number of hydrogen-bond donors (Lipinski definition) is 1.